The van der Waals surface area contributed by atoms with Crippen LogP contribution >= 0.6 is 11.3 Å². The standard InChI is InChI=1S/C21H25N3O5S2/c1-14-5-6-18-16(11-14)13-19(30-18)21(26)23-22-20(25)15-3-2-4-17(12-15)31(27,28)24-7-9-29-10-8-24/h2-4,12-14H,5-11H2,1H3,(H,22,25)(H,23,26)/t14-/m1/s1. The minimum atomic E-state index is -3.71. The number of thiophene rings is 1. The average Bonchev–Trinajstić information content (AvgIpc) is 3.21. The molecule has 0 saturated carbocycles. The molecule has 2 amide bonds. The van der Waals surface area contributed by atoms with E-state index in [1.807, 2.05) is 6.07 Å². The first-order valence-corrected chi connectivity index (χ1v) is 12.5. The lowest BCUT2D eigenvalue weighted by Crippen LogP contribution is -2.42. The van der Waals surface area contributed by atoms with E-state index in [0.717, 1.165) is 19.3 Å². The summed E-state index contributed by atoms with van der Waals surface area (Å²) in [5.41, 5.74) is 6.18. The number of morpholine rings is 1. The molecule has 1 atom stereocenters. The highest BCUT2D eigenvalue weighted by Crippen LogP contribution is 2.32. The van der Waals surface area contributed by atoms with E-state index in [1.165, 1.54) is 50.3 Å². The van der Waals surface area contributed by atoms with Crippen LogP contribution < -0.4 is 10.9 Å². The number of hydrazine groups is 1. The molecule has 0 spiro atoms. The Morgan fingerprint density at radius 3 is 2.65 bits per heavy atom. The quantitative estimate of drug-likeness (QED) is 0.675. The minimum absolute atomic E-state index is 0.0356. The molecule has 31 heavy (non-hydrogen) atoms. The average molecular weight is 464 g/mol. The molecule has 2 heterocycles. The fraction of sp³-hybridized carbons (Fsp3) is 0.429. The van der Waals surface area contributed by atoms with Gasteiger partial charge < -0.3 is 4.74 Å². The highest BCUT2D eigenvalue weighted by molar-refractivity contribution is 7.89. The van der Waals surface area contributed by atoms with Crippen LogP contribution in [0.3, 0.4) is 0 Å². The molecule has 1 fully saturated rings. The molecule has 166 valence electrons. The molecular formula is C21H25N3O5S2. The van der Waals surface area contributed by atoms with E-state index in [2.05, 4.69) is 17.8 Å². The number of sulfonamides is 1. The Morgan fingerprint density at radius 1 is 1.13 bits per heavy atom. The lowest BCUT2D eigenvalue weighted by molar-refractivity contribution is 0.0730. The van der Waals surface area contributed by atoms with Crippen LogP contribution in [0.2, 0.25) is 0 Å². The number of carbonyl (C=O) groups excluding carboxylic acids is 2. The summed E-state index contributed by atoms with van der Waals surface area (Å²) in [6.07, 6.45) is 3.07. The summed E-state index contributed by atoms with van der Waals surface area (Å²) in [5.74, 6) is -0.349. The van der Waals surface area contributed by atoms with E-state index in [1.54, 1.807) is 0 Å². The van der Waals surface area contributed by atoms with Crippen molar-refractivity contribution in [1.29, 1.82) is 0 Å². The van der Waals surface area contributed by atoms with E-state index in [9.17, 15) is 18.0 Å². The second kappa shape index (κ2) is 9.07. The van der Waals surface area contributed by atoms with Crippen molar-refractivity contribution in [3.8, 4) is 0 Å². The third kappa shape index (κ3) is 4.82. The Hall–Kier alpha value is -2.27. The number of amides is 2. The number of nitrogens with one attached hydrogen (secondary N) is 2. The highest BCUT2D eigenvalue weighted by atomic mass is 32.2. The molecule has 1 aliphatic heterocycles. The monoisotopic (exact) mass is 463 g/mol. The van der Waals surface area contributed by atoms with Crippen molar-refractivity contribution in [1.82, 2.24) is 15.2 Å². The summed E-state index contributed by atoms with van der Waals surface area (Å²) in [6.45, 7) is 3.44. The van der Waals surface area contributed by atoms with Gasteiger partial charge in [-0.2, -0.15) is 4.31 Å². The number of benzene rings is 1. The molecule has 0 bridgehead atoms. The second-order valence-corrected chi connectivity index (χ2v) is 10.9. The van der Waals surface area contributed by atoms with Crippen LogP contribution in [0.4, 0.5) is 0 Å². The summed E-state index contributed by atoms with van der Waals surface area (Å²) >= 11 is 1.46. The van der Waals surface area contributed by atoms with Gasteiger partial charge in [-0.1, -0.05) is 13.0 Å². The van der Waals surface area contributed by atoms with E-state index in [0.29, 0.717) is 24.0 Å². The van der Waals surface area contributed by atoms with Crippen LogP contribution in [0.15, 0.2) is 35.2 Å². The van der Waals surface area contributed by atoms with Crippen LogP contribution in [-0.2, 0) is 27.6 Å². The van der Waals surface area contributed by atoms with Crippen LogP contribution in [0.1, 0.15) is 43.8 Å². The highest BCUT2D eigenvalue weighted by Gasteiger charge is 2.27. The molecule has 4 rings (SSSR count). The third-order valence-electron chi connectivity index (χ3n) is 5.55. The lowest BCUT2D eigenvalue weighted by Gasteiger charge is -2.26. The molecule has 1 saturated heterocycles. The zero-order valence-corrected chi connectivity index (χ0v) is 18.9. The van der Waals surface area contributed by atoms with Gasteiger partial charge in [0.1, 0.15) is 0 Å². The molecular weight excluding hydrogens is 438 g/mol. The molecule has 1 aromatic carbocycles. The Kier molecular flexibility index (Phi) is 6.42. The topological polar surface area (TPSA) is 105 Å². The molecule has 2 aliphatic rings. The van der Waals surface area contributed by atoms with Crippen molar-refractivity contribution in [2.24, 2.45) is 5.92 Å². The van der Waals surface area contributed by atoms with Crippen LogP contribution in [0.5, 0.6) is 0 Å². The zero-order chi connectivity index (χ0) is 22.0. The normalized spacial score (nSPS) is 19.5. The number of hydrogen-bond donors (Lipinski definition) is 2. The van der Waals surface area contributed by atoms with Crippen LogP contribution in [-0.4, -0.2) is 50.8 Å². The van der Waals surface area contributed by atoms with Gasteiger partial charge >= 0.3 is 0 Å². The molecule has 1 aliphatic carbocycles. The van der Waals surface area contributed by atoms with E-state index in [-0.39, 0.29) is 29.5 Å². The molecule has 8 nitrogen and oxygen atoms in total. The maximum Gasteiger partial charge on any atom is 0.279 e. The molecule has 0 unspecified atom stereocenters. The minimum Gasteiger partial charge on any atom is -0.379 e. The zero-order valence-electron chi connectivity index (χ0n) is 17.2. The van der Waals surface area contributed by atoms with Gasteiger partial charge in [0.25, 0.3) is 11.8 Å². The van der Waals surface area contributed by atoms with Crippen LogP contribution in [0, 0.1) is 5.92 Å². The molecule has 2 N–H and O–H groups in total. The molecule has 10 heteroatoms. The SMILES string of the molecule is C[C@@H]1CCc2sc(C(=O)NNC(=O)c3cccc(S(=O)(=O)N4CCOCC4)c3)cc2C1. The van der Waals surface area contributed by atoms with Crippen molar-refractivity contribution < 1.29 is 22.7 Å². The lowest BCUT2D eigenvalue weighted by atomic mass is 9.90. The predicted octanol–water partition coefficient (Wildman–Crippen LogP) is 1.97. The molecule has 1 aromatic heterocycles. The Morgan fingerprint density at radius 2 is 1.87 bits per heavy atom. The molecule has 2 aromatic rings. The summed E-state index contributed by atoms with van der Waals surface area (Å²) in [7, 11) is -3.71. The van der Waals surface area contributed by atoms with Crippen molar-refractivity contribution >= 4 is 33.2 Å². The number of fused-ring (bicyclic) bond motifs is 1. The van der Waals surface area contributed by atoms with Crippen molar-refractivity contribution in [3.63, 3.8) is 0 Å². The van der Waals surface area contributed by atoms with Gasteiger partial charge in [0.2, 0.25) is 10.0 Å². The Labute approximate surface area is 185 Å². The maximum absolute atomic E-state index is 12.8. The number of aryl methyl sites for hydroxylation is 1. The number of rotatable bonds is 4. The second-order valence-electron chi connectivity index (χ2n) is 7.86. The van der Waals surface area contributed by atoms with Gasteiger partial charge in [-0.3, -0.25) is 20.4 Å². The number of hydrogen-bond acceptors (Lipinski definition) is 6. The fourth-order valence-corrected chi connectivity index (χ4v) is 6.36. The van der Waals surface area contributed by atoms with Gasteiger partial charge in [0, 0.05) is 23.5 Å². The van der Waals surface area contributed by atoms with Gasteiger partial charge in [-0.05, 0) is 55.0 Å². The smallest absolute Gasteiger partial charge is 0.279 e. The predicted molar refractivity (Wildman–Crippen MR) is 116 cm³/mol. The number of carbonyl (C=O) groups is 2. The van der Waals surface area contributed by atoms with Gasteiger partial charge in [0.05, 0.1) is 23.0 Å². The first kappa shape index (κ1) is 21.9. The third-order valence-corrected chi connectivity index (χ3v) is 8.68. The summed E-state index contributed by atoms with van der Waals surface area (Å²) in [4.78, 5) is 26.8. The van der Waals surface area contributed by atoms with Crippen molar-refractivity contribution in [2.75, 3.05) is 26.3 Å². The van der Waals surface area contributed by atoms with E-state index < -0.39 is 15.9 Å². The summed E-state index contributed by atoms with van der Waals surface area (Å²) in [6, 6.07) is 7.69. The summed E-state index contributed by atoms with van der Waals surface area (Å²) in [5, 5.41) is 0. The maximum atomic E-state index is 12.8. The Bertz CT molecular complexity index is 1090. The Balaban J connectivity index is 1.41. The van der Waals surface area contributed by atoms with Gasteiger partial charge in [-0.15, -0.1) is 11.3 Å². The first-order chi connectivity index (χ1) is 14.8. The fourth-order valence-electron chi connectivity index (χ4n) is 3.80. The largest absolute Gasteiger partial charge is 0.379 e. The van der Waals surface area contributed by atoms with Gasteiger partial charge in [-0.25, -0.2) is 8.42 Å². The van der Waals surface area contributed by atoms with E-state index in [4.69, 9.17) is 4.74 Å². The van der Waals surface area contributed by atoms with Crippen LogP contribution in [0.25, 0.3) is 0 Å². The summed E-state index contributed by atoms with van der Waals surface area (Å²) < 4.78 is 32.2. The van der Waals surface area contributed by atoms with Crippen molar-refractivity contribution in [3.05, 3.63) is 51.2 Å². The van der Waals surface area contributed by atoms with Gasteiger partial charge in [0.15, 0.2) is 0 Å². The number of ether oxygens (including phenoxy) is 1. The molecule has 0 radical (unpaired) electrons. The van der Waals surface area contributed by atoms with Crippen molar-refractivity contribution in [2.45, 2.75) is 31.1 Å². The number of nitrogens with zero attached hydrogens (tertiary/aromatic N) is 1. The van der Waals surface area contributed by atoms with E-state index >= 15 is 0 Å². The first-order valence-electron chi connectivity index (χ1n) is 10.2.